The molecule has 11 heavy (non-hydrogen) atoms. The van der Waals surface area contributed by atoms with Crippen LogP contribution in [0.5, 0.6) is 0 Å². The van der Waals surface area contributed by atoms with Gasteiger partial charge >= 0.3 is 0 Å². The third kappa shape index (κ3) is 18.1. The van der Waals surface area contributed by atoms with Crippen molar-refractivity contribution < 1.29 is 0 Å². The third-order valence-electron chi connectivity index (χ3n) is 1.08. The summed E-state index contributed by atoms with van der Waals surface area (Å²) >= 11 is 15.8. The summed E-state index contributed by atoms with van der Waals surface area (Å²) in [6.45, 7) is 3.61. The van der Waals surface area contributed by atoms with Gasteiger partial charge in [0, 0.05) is 0 Å². The fourth-order valence-corrected chi connectivity index (χ4v) is 0.896. The summed E-state index contributed by atoms with van der Waals surface area (Å²) in [5, 5.41) is 0. The maximum Gasteiger partial charge on any atom is 0.109 e. The van der Waals surface area contributed by atoms with Crippen LogP contribution in [-0.4, -0.2) is 14.4 Å². The number of unbranched alkanes of at least 4 members (excludes halogenated alkanes) is 2. The summed E-state index contributed by atoms with van der Waals surface area (Å²) in [6, 6.07) is 0. The first kappa shape index (κ1) is 14.4. The number of allylic oxidation sites excluding steroid dienone is 1. The first-order valence-corrected chi connectivity index (χ1v) is 7.44. The smallest absolute Gasteiger partial charge is 0.109 e. The molecule has 0 rings (SSSR count). The fourth-order valence-electron chi connectivity index (χ4n) is 0.587. The first-order chi connectivity index (χ1) is 5.27. The molecule has 0 aromatic heterocycles. The van der Waals surface area contributed by atoms with Crippen LogP contribution in [0.1, 0.15) is 25.7 Å². The van der Waals surface area contributed by atoms with E-state index in [1.54, 1.807) is 0 Å². The summed E-state index contributed by atoms with van der Waals surface area (Å²) in [6.07, 6.45) is 6.14. The highest BCUT2D eigenvalue weighted by Gasteiger charge is 1.95. The van der Waals surface area contributed by atoms with Gasteiger partial charge < -0.3 is 0 Å². The molecule has 0 fully saturated rings. The van der Waals surface area contributed by atoms with E-state index in [9.17, 15) is 0 Å². The van der Waals surface area contributed by atoms with Crippen molar-refractivity contribution in [3.8, 4) is 0 Å². The number of alkyl halides is 2. The molecule has 68 valence electrons. The van der Waals surface area contributed by atoms with E-state index in [2.05, 4.69) is 6.58 Å². The van der Waals surface area contributed by atoms with Crippen molar-refractivity contribution in [1.29, 1.82) is 0 Å². The monoisotopic (exact) mass is 232 g/mol. The van der Waals surface area contributed by atoms with Crippen LogP contribution < -0.4 is 0 Å². The average molecular weight is 234 g/mol. The van der Waals surface area contributed by atoms with Crippen molar-refractivity contribution in [3.05, 3.63) is 12.7 Å². The Balaban J connectivity index is 0. The van der Waals surface area contributed by atoms with Gasteiger partial charge in [-0.25, -0.2) is 0 Å². The second-order valence-corrected chi connectivity index (χ2v) is 3.24. The zero-order valence-electron chi connectivity index (χ0n) is 6.82. The lowest BCUT2D eigenvalue weighted by Gasteiger charge is -1.97. The van der Waals surface area contributed by atoms with Gasteiger partial charge in [-0.2, -0.15) is 11.1 Å². The zero-order chi connectivity index (χ0) is 9.11. The van der Waals surface area contributed by atoms with Gasteiger partial charge in [0.1, 0.15) is 14.4 Å². The van der Waals surface area contributed by atoms with Crippen molar-refractivity contribution in [2.45, 2.75) is 30.5 Å². The van der Waals surface area contributed by atoms with Gasteiger partial charge in [-0.05, 0) is 19.3 Å². The van der Waals surface area contributed by atoms with Crippen molar-refractivity contribution >= 4 is 43.8 Å². The van der Waals surface area contributed by atoms with Crippen LogP contribution in [0.25, 0.3) is 0 Å². The van der Waals surface area contributed by atoms with Crippen LogP contribution in [0, 0.1) is 0 Å². The van der Waals surface area contributed by atoms with E-state index in [0.717, 1.165) is 35.2 Å². The Bertz CT molecular complexity index is 76.1. The molecule has 0 aliphatic rings. The molecule has 0 aliphatic heterocycles. The number of hydrogen-bond acceptors (Lipinski definition) is 0. The molecular weight excluding hydrogens is 219 g/mol. The Hall–Kier alpha value is 0.827. The highest BCUT2D eigenvalue weighted by atomic mass is 35.6. The minimum Gasteiger partial charge on any atom is -0.181 e. The lowest BCUT2D eigenvalue weighted by molar-refractivity contribution is 0.718. The van der Waals surface area contributed by atoms with E-state index in [1.807, 2.05) is 6.08 Å². The Kier molecular flexibility index (Phi) is 17.5. The average Bonchev–Trinajstić information content (AvgIpc) is 2.02. The highest BCUT2D eigenvalue weighted by molar-refractivity contribution is 6.80. The Morgan fingerprint density at radius 2 is 1.82 bits per heavy atom. The molecule has 0 saturated heterocycles. The van der Waals surface area contributed by atoms with E-state index in [-0.39, 0.29) is 4.84 Å². The maximum absolute atomic E-state index is 5.50. The van der Waals surface area contributed by atoms with E-state index in [0.29, 0.717) is 0 Å². The minimum absolute atomic E-state index is 0.185. The van der Waals surface area contributed by atoms with Gasteiger partial charge in [0.15, 0.2) is 0 Å². The van der Waals surface area contributed by atoms with E-state index in [1.165, 1.54) is 0 Å². The molecule has 0 aromatic rings. The van der Waals surface area contributed by atoms with Crippen LogP contribution in [0.3, 0.4) is 0 Å². The van der Waals surface area contributed by atoms with Gasteiger partial charge in [-0.15, -0.1) is 29.8 Å². The summed E-state index contributed by atoms with van der Waals surface area (Å²) in [5.74, 6) is 0. The van der Waals surface area contributed by atoms with Crippen molar-refractivity contribution in [2.24, 2.45) is 0 Å². The van der Waals surface area contributed by atoms with Crippen LogP contribution in [0.2, 0.25) is 0 Å². The second-order valence-electron chi connectivity index (χ2n) is 1.96. The van der Waals surface area contributed by atoms with Crippen LogP contribution in [0.15, 0.2) is 12.7 Å². The molecule has 0 unspecified atom stereocenters. The van der Waals surface area contributed by atoms with Gasteiger partial charge in [-0.1, -0.05) is 12.5 Å². The minimum atomic E-state index is -0.185. The van der Waals surface area contributed by atoms with Gasteiger partial charge in [0.2, 0.25) is 0 Å². The summed E-state index contributed by atoms with van der Waals surface area (Å²) in [4.78, 5) is -0.185. The van der Waals surface area contributed by atoms with E-state index in [4.69, 9.17) is 34.3 Å². The predicted octanol–water partition coefficient (Wildman–Crippen LogP) is 3.04. The van der Waals surface area contributed by atoms with Gasteiger partial charge in [0.05, 0.1) is 0 Å². The Morgan fingerprint density at radius 1 is 1.27 bits per heavy atom. The number of halogens is 3. The highest BCUT2D eigenvalue weighted by Crippen LogP contribution is 2.11. The third-order valence-corrected chi connectivity index (χ3v) is 1.52. The molecule has 0 radical (unpaired) electrons. The Morgan fingerprint density at radius 3 is 2.18 bits per heavy atom. The molecule has 0 heterocycles. The maximum atomic E-state index is 5.50. The number of hydrogen-bond donors (Lipinski definition) is 0. The van der Waals surface area contributed by atoms with Crippen LogP contribution >= 0.6 is 34.3 Å². The fraction of sp³-hybridized carbons (Fsp3) is 0.714. The molecule has 0 atom stereocenters. The number of rotatable bonds is 5. The summed E-state index contributed by atoms with van der Waals surface area (Å²) < 4.78 is 0. The van der Waals surface area contributed by atoms with Crippen LogP contribution in [-0.2, 0) is 0 Å². The quantitative estimate of drug-likeness (QED) is 0.225. The standard InChI is InChI=1S/C7H12Cl2.ClH3Si/c1-2-3-4-5-6-7(8)9;1-2/h2,7H,1,3-6H2;2H3. The lowest BCUT2D eigenvalue weighted by atomic mass is 10.2. The summed E-state index contributed by atoms with van der Waals surface area (Å²) in [7, 11) is 0.778. The van der Waals surface area contributed by atoms with Gasteiger partial charge in [0.25, 0.3) is 0 Å². The SMILES string of the molecule is C=CCCCCC(Cl)Cl.[SiH3]Cl. The second kappa shape index (κ2) is 13.4. The molecular formula is C7H15Cl3Si. The molecule has 0 amide bonds. The predicted molar refractivity (Wildman–Crippen MR) is 60.0 cm³/mol. The van der Waals surface area contributed by atoms with Crippen molar-refractivity contribution in [2.75, 3.05) is 0 Å². The largest absolute Gasteiger partial charge is 0.181 e. The zero-order valence-corrected chi connectivity index (χ0v) is 11.1. The van der Waals surface area contributed by atoms with Crippen LogP contribution in [0.4, 0.5) is 0 Å². The molecule has 0 spiro atoms. The molecule has 0 aliphatic carbocycles. The summed E-state index contributed by atoms with van der Waals surface area (Å²) in [5.41, 5.74) is 0. The van der Waals surface area contributed by atoms with Crippen molar-refractivity contribution in [3.63, 3.8) is 0 Å². The van der Waals surface area contributed by atoms with E-state index < -0.39 is 0 Å². The molecule has 0 N–H and O–H groups in total. The Labute approximate surface area is 87.0 Å². The molecule has 0 aromatic carbocycles. The topological polar surface area (TPSA) is 0 Å². The molecule has 4 heteroatoms. The molecule has 0 nitrogen and oxygen atoms in total. The normalized spacial score (nSPS) is 9.09. The van der Waals surface area contributed by atoms with E-state index >= 15 is 0 Å². The van der Waals surface area contributed by atoms with Gasteiger partial charge in [-0.3, -0.25) is 0 Å². The molecule has 0 saturated carbocycles. The molecule has 0 bridgehead atoms. The van der Waals surface area contributed by atoms with Crippen molar-refractivity contribution in [1.82, 2.24) is 0 Å². The first-order valence-electron chi connectivity index (χ1n) is 3.54. The lowest BCUT2D eigenvalue weighted by Crippen LogP contribution is -1.85.